The summed E-state index contributed by atoms with van der Waals surface area (Å²) in [5.74, 6) is 0.299. The molecule has 0 radical (unpaired) electrons. The Morgan fingerprint density at radius 3 is 2.53 bits per heavy atom. The molecule has 0 amide bonds. The first-order chi connectivity index (χ1) is 8.99. The third-order valence-electron chi connectivity index (χ3n) is 2.87. The van der Waals surface area contributed by atoms with Crippen molar-refractivity contribution in [1.82, 2.24) is 0 Å². The molecule has 0 saturated heterocycles. The second-order valence-electron chi connectivity index (χ2n) is 4.47. The molecule has 1 rings (SSSR count). The molecule has 0 heterocycles. The maximum absolute atomic E-state index is 11.7. The van der Waals surface area contributed by atoms with E-state index >= 15 is 0 Å². The summed E-state index contributed by atoms with van der Waals surface area (Å²) in [6, 6.07) is 5.43. The molecular formula is C15H22O4. The summed E-state index contributed by atoms with van der Waals surface area (Å²) in [7, 11) is 0. The third kappa shape index (κ3) is 4.24. The van der Waals surface area contributed by atoms with Gasteiger partial charge in [0.15, 0.2) is 6.10 Å². The van der Waals surface area contributed by atoms with E-state index in [1.54, 1.807) is 26.0 Å². The molecule has 0 bridgehead atoms. The fourth-order valence-corrected chi connectivity index (χ4v) is 1.75. The number of carbonyl (C=O) groups excluding carboxylic acids is 1. The number of aryl methyl sites for hydroxylation is 1. The number of esters is 1. The van der Waals surface area contributed by atoms with Gasteiger partial charge in [-0.1, -0.05) is 13.0 Å². The maximum atomic E-state index is 11.7. The van der Waals surface area contributed by atoms with Crippen molar-refractivity contribution < 1.29 is 19.4 Å². The molecule has 4 heteroatoms. The number of aliphatic hydroxyl groups excluding tert-OH is 1. The normalized spacial score (nSPS) is 13.7. The first kappa shape index (κ1) is 15.5. The fraction of sp³-hybridized carbons (Fsp3) is 0.533. The van der Waals surface area contributed by atoms with Crippen molar-refractivity contribution in [1.29, 1.82) is 0 Å². The van der Waals surface area contributed by atoms with Crippen molar-refractivity contribution >= 4 is 5.97 Å². The zero-order chi connectivity index (χ0) is 14.4. The lowest BCUT2D eigenvalue weighted by atomic mass is 10.1. The first-order valence-corrected chi connectivity index (χ1v) is 6.61. The minimum atomic E-state index is -0.587. The number of carbonyl (C=O) groups is 1. The van der Waals surface area contributed by atoms with Gasteiger partial charge < -0.3 is 14.6 Å². The Labute approximate surface area is 114 Å². The Morgan fingerprint density at radius 1 is 1.37 bits per heavy atom. The molecule has 0 saturated carbocycles. The van der Waals surface area contributed by atoms with E-state index in [-0.39, 0.29) is 5.97 Å². The standard InChI is InChI=1S/C15H22O4/c1-5-13(15(17)18-6-2)19-14-8-7-12(11(4)16)9-10(14)3/h7-9,11,13,16H,5-6H2,1-4H3/t11-,13?/m0/s1. The molecule has 2 atom stereocenters. The SMILES string of the molecule is CCOC(=O)C(CC)Oc1ccc([C@H](C)O)cc1C. The number of ether oxygens (including phenoxy) is 2. The topological polar surface area (TPSA) is 55.8 Å². The van der Waals surface area contributed by atoms with Gasteiger partial charge >= 0.3 is 5.97 Å². The van der Waals surface area contributed by atoms with Gasteiger partial charge in [0, 0.05) is 0 Å². The van der Waals surface area contributed by atoms with E-state index in [9.17, 15) is 9.90 Å². The number of benzene rings is 1. The summed E-state index contributed by atoms with van der Waals surface area (Å²) in [5, 5.41) is 9.51. The van der Waals surface area contributed by atoms with E-state index < -0.39 is 12.2 Å². The summed E-state index contributed by atoms with van der Waals surface area (Å²) < 4.78 is 10.7. The van der Waals surface area contributed by atoms with Gasteiger partial charge in [0.1, 0.15) is 5.75 Å². The number of rotatable bonds is 6. The molecule has 1 aromatic rings. The minimum absolute atomic E-state index is 0.344. The molecule has 0 spiro atoms. The number of hydrogen-bond acceptors (Lipinski definition) is 4. The monoisotopic (exact) mass is 266 g/mol. The second kappa shape index (κ2) is 7.14. The van der Waals surface area contributed by atoms with Crippen molar-refractivity contribution in [2.45, 2.75) is 46.3 Å². The maximum Gasteiger partial charge on any atom is 0.347 e. The summed E-state index contributed by atoms with van der Waals surface area (Å²) in [5.41, 5.74) is 1.72. The Kier molecular flexibility index (Phi) is 5.83. The lowest BCUT2D eigenvalue weighted by molar-refractivity contribution is -0.151. The Morgan fingerprint density at radius 2 is 2.05 bits per heavy atom. The van der Waals surface area contributed by atoms with Crippen LogP contribution in [0.2, 0.25) is 0 Å². The molecule has 0 aliphatic heterocycles. The van der Waals surface area contributed by atoms with Gasteiger partial charge in [-0.05, 0) is 50.5 Å². The first-order valence-electron chi connectivity index (χ1n) is 6.61. The molecule has 19 heavy (non-hydrogen) atoms. The number of hydrogen-bond donors (Lipinski definition) is 1. The van der Waals surface area contributed by atoms with Crippen LogP contribution in [0.25, 0.3) is 0 Å². The zero-order valence-corrected chi connectivity index (χ0v) is 12.0. The molecular weight excluding hydrogens is 244 g/mol. The average molecular weight is 266 g/mol. The molecule has 0 aliphatic carbocycles. The number of aliphatic hydroxyl groups is 1. The van der Waals surface area contributed by atoms with E-state index in [2.05, 4.69) is 0 Å². The van der Waals surface area contributed by atoms with Crippen LogP contribution in [-0.4, -0.2) is 23.8 Å². The predicted octanol–water partition coefficient (Wildman–Crippen LogP) is 2.77. The van der Waals surface area contributed by atoms with Gasteiger partial charge in [-0.15, -0.1) is 0 Å². The smallest absolute Gasteiger partial charge is 0.347 e. The largest absolute Gasteiger partial charge is 0.478 e. The van der Waals surface area contributed by atoms with Crippen LogP contribution in [0.3, 0.4) is 0 Å². The van der Waals surface area contributed by atoms with Crippen LogP contribution in [0.1, 0.15) is 44.4 Å². The Bertz CT molecular complexity index is 426. The quantitative estimate of drug-likeness (QED) is 0.804. The molecule has 0 aromatic heterocycles. The Hall–Kier alpha value is -1.55. The lowest BCUT2D eigenvalue weighted by Gasteiger charge is -2.18. The van der Waals surface area contributed by atoms with Crippen molar-refractivity contribution in [3.05, 3.63) is 29.3 Å². The van der Waals surface area contributed by atoms with E-state index in [0.29, 0.717) is 18.8 Å². The molecule has 0 aliphatic rings. The lowest BCUT2D eigenvalue weighted by Crippen LogP contribution is -2.28. The molecule has 106 valence electrons. The highest BCUT2D eigenvalue weighted by molar-refractivity contribution is 5.75. The summed E-state index contributed by atoms with van der Waals surface area (Å²) in [4.78, 5) is 11.7. The van der Waals surface area contributed by atoms with Crippen LogP contribution in [0.5, 0.6) is 5.75 Å². The van der Waals surface area contributed by atoms with Gasteiger partial charge in [0.25, 0.3) is 0 Å². The van der Waals surface area contributed by atoms with Crippen LogP contribution >= 0.6 is 0 Å². The van der Waals surface area contributed by atoms with Crippen LogP contribution < -0.4 is 4.74 Å². The van der Waals surface area contributed by atoms with E-state index in [4.69, 9.17) is 9.47 Å². The summed E-state index contributed by atoms with van der Waals surface area (Å²) >= 11 is 0. The van der Waals surface area contributed by atoms with Crippen molar-refractivity contribution in [3.8, 4) is 5.75 Å². The summed E-state index contributed by atoms with van der Waals surface area (Å²) in [6.45, 7) is 7.59. The van der Waals surface area contributed by atoms with E-state index in [1.807, 2.05) is 19.9 Å². The van der Waals surface area contributed by atoms with Gasteiger partial charge in [-0.3, -0.25) is 0 Å². The highest BCUT2D eigenvalue weighted by Crippen LogP contribution is 2.24. The van der Waals surface area contributed by atoms with E-state index in [1.165, 1.54) is 0 Å². The molecule has 1 N–H and O–H groups in total. The van der Waals surface area contributed by atoms with Crippen molar-refractivity contribution in [2.75, 3.05) is 6.61 Å². The Balaban J connectivity index is 2.83. The van der Waals surface area contributed by atoms with Crippen LogP contribution in [-0.2, 0) is 9.53 Å². The molecule has 4 nitrogen and oxygen atoms in total. The average Bonchev–Trinajstić information content (AvgIpc) is 2.37. The second-order valence-corrected chi connectivity index (χ2v) is 4.47. The van der Waals surface area contributed by atoms with Gasteiger partial charge in [0.2, 0.25) is 0 Å². The highest BCUT2D eigenvalue weighted by atomic mass is 16.6. The van der Waals surface area contributed by atoms with Crippen molar-refractivity contribution in [2.24, 2.45) is 0 Å². The molecule has 0 fully saturated rings. The van der Waals surface area contributed by atoms with Gasteiger partial charge in [-0.25, -0.2) is 4.79 Å². The predicted molar refractivity (Wildman–Crippen MR) is 73.2 cm³/mol. The van der Waals surface area contributed by atoms with Gasteiger partial charge in [-0.2, -0.15) is 0 Å². The minimum Gasteiger partial charge on any atom is -0.478 e. The molecule has 1 aromatic carbocycles. The van der Waals surface area contributed by atoms with Crippen LogP contribution in [0.4, 0.5) is 0 Å². The fourth-order valence-electron chi connectivity index (χ4n) is 1.75. The van der Waals surface area contributed by atoms with Gasteiger partial charge in [0.05, 0.1) is 12.7 Å². The summed E-state index contributed by atoms with van der Waals surface area (Å²) in [6.07, 6.45) is -0.549. The van der Waals surface area contributed by atoms with Crippen LogP contribution in [0, 0.1) is 6.92 Å². The molecule has 1 unspecified atom stereocenters. The van der Waals surface area contributed by atoms with Crippen LogP contribution in [0.15, 0.2) is 18.2 Å². The third-order valence-corrected chi connectivity index (χ3v) is 2.87. The van der Waals surface area contributed by atoms with Crippen molar-refractivity contribution in [3.63, 3.8) is 0 Å². The highest BCUT2D eigenvalue weighted by Gasteiger charge is 2.20. The zero-order valence-electron chi connectivity index (χ0n) is 12.0. The van der Waals surface area contributed by atoms with E-state index in [0.717, 1.165) is 11.1 Å².